The largest absolute Gasteiger partial charge is 0.480 e. The van der Waals surface area contributed by atoms with Crippen LogP contribution in [0.3, 0.4) is 0 Å². The van der Waals surface area contributed by atoms with Gasteiger partial charge in [0.15, 0.2) is 0 Å². The molecule has 0 bridgehead atoms. The van der Waals surface area contributed by atoms with Crippen LogP contribution in [-0.2, 0) is 4.79 Å². The van der Waals surface area contributed by atoms with Crippen LogP contribution in [0.4, 0.5) is 4.79 Å². The van der Waals surface area contributed by atoms with Gasteiger partial charge in [-0.25, -0.2) is 9.59 Å². The van der Waals surface area contributed by atoms with Gasteiger partial charge in [-0.15, -0.1) is 11.8 Å². The van der Waals surface area contributed by atoms with Crippen LogP contribution in [0.15, 0.2) is 0 Å². The number of carboxylic acid groups (broad SMARTS) is 1. The molecule has 1 heterocycles. The molecule has 0 spiro atoms. The summed E-state index contributed by atoms with van der Waals surface area (Å²) in [5.74, 6) is 0.510. The smallest absolute Gasteiger partial charge is 0.327 e. The Morgan fingerprint density at radius 3 is 2.55 bits per heavy atom. The van der Waals surface area contributed by atoms with Gasteiger partial charge in [-0.3, -0.25) is 0 Å². The van der Waals surface area contributed by atoms with E-state index in [1.807, 2.05) is 4.90 Å². The van der Waals surface area contributed by atoms with Crippen molar-refractivity contribution in [1.29, 1.82) is 0 Å². The number of amides is 2. The minimum Gasteiger partial charge on any atom is -0.480 e. The molecule has 2 fully saturated rings. The third kappa shape index (κ3) is 3.40. The Balaban J connectivity index is 2.10. The normalized spacial score (nSPS) is 23.6. The average Bonchev–Trinajstić information content (AvgIpc) is 3.05. The van der Waals surface area contributed by atoms with E-state index in [9.17, 15) is 14.7 Å². The Bertz CT molecular complexity index is 369. The van der Waals surface area contributed by atoms with E-state index in [2.05, 4.69) is 13.8 Å². The highest BCUT2D eigenvalue weighted by Gasteiger charge is 2.39. The van der Waals surface area contributed by atoms with Crippen LogP contribution in [0.5, 0.6) is 0 Å². The van der Waals surface area contributed by atoms with Crippen LogP contribution in [0.1, 0.15) is 39.5 Å². The minimum absolute atomic E-state index is 0.0806. The SMILES string of the molecule is CC(C)CN(C(=O)N1CSC[C@H]1C(=O)O)C1CCCC1. The molecule has 1 N–H and O–H groups in total. The fourth-order valence-electron chi connectivity index (χ4n) is 2.99. The van der Waals surface area contributed by atoms with Crippen molar-refractivity contribution < 1.29 is 14.7 Å². The lowest BCUT2D eigenvalue weighted by atomic mass is 10.1. The van der Waals surface area contributed by atoms with E-state index < -0.39 is 12.0 Å². The Morgan fingerprint density at radius 2 is 2.00 bits per heavy atom. The minimum atomic E-state index is -0.890. The summed E-state index contributed by atoms with van der Waals surface area (Å²) in [6, 6.07) is -0.448. The summed E-state index contributed by atoms with van der Waals surface area (Å²) in [7, 11) is 0. The number of hydrogen-bond donors (Lipinski definition) is 1. The Labute approximate surface area is 124 Å². The zero-order chi connectivity index (χ0) is 14.7. The molecule has 114 valence electrons. The van der Waals surface area contributed by atoms with Crippen molar-refractivity contribution in [2.24, 2.45) is 5.92 Å². The number of hydrogen-bond acceptors (Lipinski definition) is 3. The van der Waals surface area contributed by atoms with Crippen LogP contribution in [0, 0.1) is 5.92 Å². The predicted octanol–water partition coefficient (Wildman–Crippen LogP) is 2.47. The summed E-state index contributed by atoms with van der Waals surface area (Å²) in [5.41, 5.74) is 0. The van der Waals surface area contributed by atoms with Crippen molar-refractivity contribution in [2.45, 2.75) is 51.6 Å². The molecule has 2 amide bonds. The fourth-order valence-corrected chi connectivity index (χ4v) is 4.13. The van der Waals surface area contributed by atoms with E-state index in [1.54, 1.807) is 0 Å². The monoisotopic (exact) mass is 300 g/mol. The maximum absolute atomic E-state index is 12.8. The maximum atomic E-state index is 12.8. The van der Waals surface area contributed by atoms with Gasteiger partial charge in [0.1, 0.15) is 6.04 Å². The van der Waals surface area contributed by atoms with Gasteiger partial charge in [-0.1, -0.05) is 26.7 Å². The molecule has 0 aromatic carbocycles. The molecule has 0 radical (unpaired) electrons. The summed E-state index contributed by atoms with van der Waals surface area (Å²) in [5, 5.41) is 9.24. The lowest BCUT2D eigenvalue weighted by Gasteiger charge is -2.35. The summed E-state index contributed by atoms with van der Waals surface area (Å²) in [6.07, 6.45) is 4.45. The Morgan fingerprint density at radius 1 is 1.35 bits per heavy atom. The molecule has 0 unspecified atom stereocenters. The third-order valence-electron chi connectivity index (χ3n) is 3.99. The third-order valence-corrected chi connectivity index (χ3v) is 5.00. The summed E-state index contributed by atoms with van der Waals surface area (Å²) >= 11 is 1.52. The topological polar surface area (TPSA) is 60.9 Å². The molecule has 1 aliphatic heterocycles. The second-order valence-electron chi connectivity index (χ2n) is 6.09. The quantitative estimate of drug-likeness (QED) is 0.866. The number of nitrogens with zero attached hydrogens (tertiary/aromatic N) is 2. The number of aliphatic carboxylic acids is 1. The molecule has 6 heteroatoms. The van der Waals surface area contributed by atoms with Crippen molar-refractivity contribution in [3.8, 4) is 0 Å². The van der Waals surface area contributed by atoms with Crippen molar-refractivity contribution in [3.05, 3.63) is 0 Å². The van der Waals surface area contributed by atoms with Gasteiger partial charge in [-0.05, 0) is 18.8 Å². The van der Waals surface area contributed by atoms with Crippen molar-refractivity contribution >= 4 is 23.8 Å². The highest BCUT2D eigenvalue weighted by molar-refractivity contribution is 7.99. The van der Waals surface area contributed by atoms with Gasteiger partial charge in [0.05, 0.1) is 5.88 Å². The number of thioether (sulfide) groups is 1. The van der Waals surface area contributed by atoms with E-state index in [-0.39, 0.29) is 6.03 Å². The summed E-state index contributed by atoms with van der Waals surface area (Å²) in [6.45, 7) is 4.92. The highest BCUT2D eigenvalue weighted by atomic mass is 32.2. The number of carbonyl (C=O) groups is 2. The molecule has 1 saturated carbocycles. The highest BCUT2D eigenvalue weighted by Crippen LogP contribution is 2.28. The van der Waals surface area contributed by atoms with Crippen molar-refractivity contribution in [3.63, 3.8) is 0 Å². The molecule has 2 aliphatic rings. The van der Waals surface area contributed by atoms with Crippen LogP contribution >= 0.6 is 11.8 Å². The zero-order valence-corrected chi connectivity index (χ0v) is 13.1. The van der Waals surface area contributed by atoms with Gasteiger partial charge < -0.3 is 14.9 Å². The zero-order valence-electron chi connectivity index (χ0n) is 12.2. The first-order chi connectivity index (χ1) is 9.50. The Kier molecular flexibility index (Phi) is 5.18. The number of carbonyl (C=O) groups excluding carboxylic acids is 1. The van der Waals surface area contributed by atoms with E-state index in [0.717, 1.165) is 19.4 Å². The molecule has 1 aliphatic carbocycles. The number of urea groups is 1. The first-order valence-corrected chi connectivity index (χ1v) is 8.54. The standard InChI is InChI=1S/C14H24N2O3S/c1-10(2)7-15(11-5-3-4-6-11)14(19)16-9-20-8-12(16)13(17)18/h10-12H,3-9H2,1-2H3,(H,17,18)/t12-/m0/s1. The van der Waals surface area contributed by atoms with E-state index in [1.165, 1.54) is 29.5 Å². The first-order valence-electron chi connectivity index (χ1n) is 7.38. The lowest BCUT2D eigenvalue weighted by molar-refractivity contribution is -0.141. The molecule has 20 heavy (non-hydrogen) atoms. The van der Waals surface area contributed by atoms with Crippen LogP contribution in [0.25, 0.3) is 0 Å². The van der Waals surface area contributed by atoms with E-state index in [0.29, 0.717) is 23.6 Å². The Hall–Kier alpha value is -0.910. The predicted molar refractivity (Wildman–Crippen MR) is 79.8 cm³/mol. The molecule has 1 atom stereocenters. The second-order valence-corrected chi connectivity index (χ2v) is 7.09. The van der Waals surface area contributed by atoms with Crippen LogP contribution < -0.4 is 0 Å². The van der Waals surface area contributed by atoms with Crippen LogP contribution in [-0.4, -0.2) is 57.2 Å². The molecule has 5 nitrogen and oxygen atoms in total. The number of carboxylic acids is 1. The summed E-state index contributed by atoms with van der Waals surface area (Å²) in [4.78, 5) is 27.5. The van der Waals surface area contributed by atoms with Gasteiger partial charge in [-0.2, -0.15) is 0 Å². The molecule has 2 rings (SSSR count). The maximum Gasteiger partial charge on any atom is 0.327 e. The van der Waals surface area contributed by atoms with Gasteiger partial charge in [0.25, 0.3) is 0 Å². The molecular formula is C14H24N2O3S. The van der Waals surface area contributed by atoms with Crippen molar-refractivity contribution in [1.82, 2.24) is 9.80 Å². The van der Waals surface area contributed by atoms with Gasteiger partial charge in [0, 0.05) is 18.3 Å². The average molecular weight is 300 g/mol. The van der Waals surface area contributed by atoms with Crippen molar-refractivity contribution in [2.75, 3.05) is 18.2 Å². The lowest BCUT2D eigenvalue weighted by Crippen LogP contribution is -2.52. The second kappa shape index (κ2) is 6.70. The number of rotatable bonds is 4. The molecular weight excluding hydrogens is 276 g/mol. The first kappa shape index (κ1) is 15.5. The summed E-state index contributed by atoms with van der Waals surface area (Å²) < 4.78 is 0. The fraction of sp³-hybridized carbons (Fsp3) is 0.857. The molecule has 0 aromatic heterocycles. The molecule has 0 aromatic rings. The van der Waals surface area contributed by atoms with Crippen LogP contribution in [0.2, 0.25) is 0 Å². The van der Waals surface area contributed by atoms with Gasteiger partial charge >= 0.3 is 12.0 Å². The van der Waals surface area contributed by atoms with Gasteiger partial charge in [0.2, 0.25) is 0 Å². The van der Waals surface area contributed by atoms with E-state index in [4.69, 9.17) is 0 Å². The van der Waals surface area contributed by atoms with E-state index >= 15 is 0 Å². The molecule has 1 saturated heterocycles.